The van der Waals surface area contributed by atoms with Crippen molar-refractivity contribution in [3.63, 3.8) is 0 Å². The summed E-state index contributed by atoms with van der Waals surface area (Å²) in [6, 6.07) is 0. The average molecular weight is 170 g/mol. The quantitative estimate of drug-likeness (QED) is 0.555. The number of likely N-dealkylation sites (tertiary alicyclic amines) is 1. The van der Waals surface area contributed by atoms with Crippen LogP contribution in [-0.2, 0) is 4.74 Å². The molecule has 12 heavy (non-hydrogen) atoms. The smallest absolute Gasteiger partial charge is 0.410 e. The van der Waals surface area contributed by atoms with Crippen molar-refractivity contribution in [1.82, 2.24) is 4.90 Å². The van der Waals surface area contributed by atoms with E-state index < -0.39 is 0 Å². The number of carbonyl (C=O) groups excluding carboxylic acids is 1. The molecule has 0 unspecified atom stereocenters. The average Bonchev–Trinajstić information content (AvgIpc) is 2.32. The molecule has 0 bridgehead atoms. The van der Waals surface area contributed by atoms with E-state index in [1.807, 2.05) is 20.8 Å². The van der Waals surface area contributed by atoms with Crippen molar-refractivity contribution in [3.8, 4) is 0 Å². The van der Waals surface area contributed by atoms with Crippen LogP contribution in [0.25, 0.3) is 0 Å². The minimum atomic E-state index is -0.375. The molecule has 0 aliphatic carbocycles. The minimum Gasteiger partial charge on any atom is -0.444 e. The Labute approximate surface area is 73.7 Å². The molecule has 0 N–H and O–H groups in total. The summed E-state index contributed by atoms with van der Waals surface area (Å²) < 4.78 is 5.19. The van der Waals surface area contributed by atoms with Gasteiger partial charge < -0.3 is 9.64 Å². The first-order valence-corrected chi connectivity index (χ1v) is 4.28. The van der Waals surface area contributed by atoms with Crippen molar-refractivity contribution in [1.29, 1.82) is 0 Å². The summed E-state index contributed by atoms with van der Waals surface area (Å²) in [5.74, 6) is 0. The van der Waals surface area contributed by atoms with E-state index in [-0.39, 0.29) is 11.7 Å². The van der Waals surface area contributed by atoms with E-state index in [4.69, 9.17) is 4.74 Å². The van der Waals surface area contributed by atoms with Gasteiger partial charge >= 0.3 is 6.09 Å². The van der Waals surface area contributed by atoms with Crippen LogP contribution in [0.2, 0.25) is 0 Å². The highest BCUT2D eigenvalue weighted by Gasteiger charge is 2.23. The molecule has 3 heteroatoms. The van der Waals surface area contributed by atoms with E-state index in [9.17, 15) is 4.79 Å². The first-order chi connectivity index (χ1) is 5.49. The molecule has 0 spiro atoms. The highest BCUT2D eigenvalue weighted by molar-refractivity contribution is 5.68. The molecule has 1 saturated heterocycles. The van der Waals surface area contributed by atoms with Crippen molar-refractivity contribution >= 4 is 6.09 Å². The Bertz CT molecular complexity index is 166. The SMILES string of the molecule is CC(C)(C)OC(=O)N1C[CH]CC1. The van der Waals surface area contributed by atoms with Crippen molar-refractivity contribution in [2.45, 2.75) is 32.8 Å². The summed E-state index contributed by atoms with van der Waals surface area (Å²) in [6.07, 6.45) is 2.87. The number of carbonyl (C=O) groups is 1. The molecule has 0 aromatic carbocycles. The fourth-order valence-electron chi connectivity index (χ4n) is 1.08. The van der Waals surface area contributed by atoms with E-state index in [1.54, 1.807) is 4.90 Å². The molecule has 1 aliphatic heterocycles. The number of hydrogen-bond acceptors (Lipinski definition) is 2. The zero-order valence-electron chi connectivity index (χ0n) is 7.96. The second-order valence-electron chi connectivity index (χ2n) is 4.00. The lowest BCUT2D eigenvalue weighted by Crippen LogP contribution is -2.34. The van der Waals surface area contributed by atoms with Gasteiger partial charge in [0.25, 0.3) is 0 Å². The van der Waals surface area contributed by atoms with Gasteiger partial charge in [-0.3, -0.25) is 0 Å². The minimum absolute atomic E-state index is 0.198. The maximum Gasteiger partial charge on any atom is 0.410 e. The lowest BCUT2D eigenvalue weighted by molar-refractivity contribution is 0.0299. The van der Waals surface area contributed by atoms with Crippen LogP contribution in [0.4, 0.5) is 4.79 Å². The predicted octanol–water partition coefficient (Wildman–Crippen LogP) is 1.83. The maximum absolute atomic E-state index is 11.3. The van der Waals surface area contributed by atoms with Gasteiger partial charge in [-0.05, 0) is 33.6 Å². The molecule has 69 valence electrons. The number of rotatable bonds is 0. The van der Waals surface area contributed by atoms with Crippen molar-refractivity contribution in [2.75, 3.05) is 13.1 Å². The molecule has 1 radical (unpaired) electrons. The fraction of sp³-hybridized carbons (Fsp3) is 0.778. The molecule has 1 heterocycles. The zero-order chi connectivity index (χ0) is 9.19. The van der Waals surface area contributed by atoms with Gasteiger partial charge in [-0.25, -0.2) is 4.79 Å². The summed E-state index contributed by atoms with van der Waals surface area (Å²) in [6.45, 7) is 7.17. The highest BCUT2D eigenvalue weighted by Crippen LogP contribution is 2.13. The number of amides is 1. The van der Waals surface area contributed by atoms with Crippen LogP contribution < -0.4 is 0 Å². The van der Waals surface area contributed by atoms with Gasteiger partial charge in [0.05, 0.1) is 0 Å². The van der Waals surface area contributed by atoms with E-state index in [0.29, 0.717) is 0 Å². The molecule has 1 rings (SSSR count). The third kappa shape index (κ3) is 2.72. The monoisotopic (exact) mass is 170 g/mol. The van der Waals surface area contributed by atoms with Crippen LogP contribution in [0.1, 0.15) is 27.2 Å². The molecule has 1 amide bonds. The Hall–Kier alpha value is -0.730. The van der Waals surface area contributed by atoms with Crippen LogP contribution >= 0.6 is 0 Å². The van der Waals surface area contributed by atoms with E-state index in [1.165, 1.54) is 0 Å². The van der Waals surface area contributed by atoms with Crippen molar-refractivity contribution in [3.05, 3.63) is 6.42 Å². The molecule has 1 aliphatic rings. The molecule has 0 saturated carbocycles. The van der Waals surface area contributed by atoms with Gasteiger partial charge in [0, 0.05) is 13.1 Å². The van der Waals surface area contributed by atoms with Crippen LogP contribution in [0.3, 0.4) is 0 Å². The maximum atomic E-state index is 11.3. The first-order valence-electron chi connectivity index (χ1n) is 4.28. The van der Waals surface area contributed by atoms with Crippen LogP contribution in [-0.4, -0.2) is 29.7 Å². The van der Waals surface area contributed by atoms with E-state index in [0.717, 1.165) is 19.5 Å². The summed E-state index contributed by atoms with van der Waals surface area (Å²) in [5, 5.41) is 0. The third-order valence-corrected chi connectivity index (χ3v) is 1.60. The molecular weight excluding hydrogens is 154 g/mol. The molecule has 0 aromatic heterocycles. The molecule has 1 fully saturated rings. The van der Waals surface area contributed by atoms with Gasteiger partial charge in [-0.2, -0.15) is 0 Å². The zero-order valence-corrected chi connectivity index (χ0v) is 7.96. The standard InChI is InChI=1S/C9H16NO2/c1-9(2,3)12-8(11)10-6-4-5-7-10/h4H,5-7H2,1-3H3. The van der Waals surface area contributed by atoms with Crippen LogP contribution in [0.5, 0.6) is 0 Å². The third-order valence-electron chi connectivity index (χ3n) is 1.60. The predicted molar refractivity (Wildman–Crippen MR) is 46.7 cm³/mol. The summed E-state index contributed by atoms with van der Waals surface area (Å²) in [4.78, 5) is 13.1. The molecular formula is C9H16NO2. The molecule has 0 atom stereocenters. The van der Waals surface area contributed by atoms with E-state index >= 15 is 0 Å². The van der Waals surface area contributed by atoms with Gasteiger partial charge in [-0.15, -0.1) is 0 Å². The van der Waals surface area contributed by atoms with Gasteiger partial charge in [-0.1, -0.05) is 0 Å². The number of ether oxygens (including phenoxy) is 1. The van der Waals surface area contributed by atoms with Crippen molar-refractivity contribution in [2.24, 2.45) is 0 Å². The Morgan fingerprint density at radius 3 is 2.58 bits per heavy atom. The second kappa shape index (κ2) is 3.33. The Morgan fingerprint density at radius 1 is 1.50 bits per heavy atom. The first kappa shape index (κ1) is 9.36. The number of nitrogens with zero attached hydrogens (tertiary/aromatic N) is 1. The Morgan fingerprint density at radius 2 is 2.17 bits per heavy atom. The topological polar surface area (TPSA) is 29.5 Å². The van der Waals surface area contributed by atoms with Crippen LogP contribution in [0, 0.1) is 6.42 Å². The lowest BCUT2D eigenvalue weighted by Gasteiger charge is -2.23. The highest BCUT2D eigenvalue weighted by atomic mass is 16.6. The fourth-order valence-corrected chi connectivity index (χ4v) is 1.08. The molecule has 0 aromatic rings. The summed E-state index contributed by atoms with van der Waals surface area (Å²) in [7, 11) is 0. The van der Waals surface area contributed by atoms with Gasteiger partial charge in [0.2, 0.25) is 0 Å². The molecule has 3 nitrogen and oxygen atoms in total. The normalized spacial score (nSPS) is 18.1. The second-order valence-corrected chi connectivity index (χ2v) is 4.00. The van der Waals surface area contributed by atoms with Gasteiger partial charge in [0.15, 0.2) is 0 Å². The van der Waals surface area contributed by atoms with Gasteiger partial charge in [0.1, 0.15) is 5.60 Å². The number of hydrogen-bond donors (Lipinski definition) is 0. The van der Waals surface area contributed by atoms with Crippen LogP contribution in [0.15, 0.2) is 0 Å². The summed E-state index contributed by atoms with van der Waals surface area (Å²) in [5.41, 5.74) is -0.375. The van der Waals surface area contributed by atoms with Crippen molar-refractivity contribution < 1.29 is 9.53 Å². The lowest BCUT2D eigenvalue weighted by atomic mass is 10.2. The van der Waals surface area contributed by atoms with E-state index in [2.05, 4.69) is 6.42 Å². The Kier molecular flexibility index (Phi) is 2.60. The summed E-state index contributed by atoms with van der Waals surface area (Å²) >= 11 is 0. The largest absolute Gasteiger partial charge is 0.444 e. The Balaban J connectivity index is 2.37.